The van der Waals surface area contributed by atoms with Crippen LogP contribution in [0.2, 0.25) is 5.02 Å². The van der Waals surface area contributed by atoms with Gasteiger partial charge in [-0.25, -0.2) is 0 Å². The molecule has 2 aromatic rings. The summed E-state index contributed by atoms with van der Waals surface area (Å²) >= 11 is 5.89. The summed E-state index contributed by atoms with van der Waals surface area (Å²) in [6.07, 6.45) is 0.560. The Hall–Kier alpha value is -2.37. The molecule has 6 heteroatoms. The van der Waals surface area contributed by atoms with Gasteiger partial charge in [0.2, 0.25) is 5.91 Å². The minimum atomic E-state index is -0.598. The second-order valence-electron chi connectivity index (χ2n) is 7.89. The molecular formula is C23H30ClN3O2. The average molecular weight is 416 g/mol. The fourth-order valence-electron chi connectivity index (χ4n) is 3.08. The zero-order valence-electron chi connectivity index (χ0n) is 17.5. The Balaban J connectivity index is 2.05. The zero-order valence-corrected chi connectivity index (χ0v) is 18.3. The number of rotatable bonds is 9. The van der Waals surface area contributed by atoms with Gasteiger partial charge in [0.25, 0.3) is 5.91 Å². The molecule has 0 aromatic heterocycles. The van der Waals surface area contributed by atoms with Gasteiger partial charge < -0.3 is 15.5 Å². The third-order valence-corrected chi connectivity index (χ3v) is 4.75. The van der Waals surface area contributed by atoms with Gasteiger partial charge in [-0.2, -0.15) is 0 Å². The van der Waals surface area contributed by atoms with E-state index < -0.39 is 6.04 Å². The van der Waals surface area contributed by atoms with Crippen molar-refractivity contribution in [2.24, 2.45) is 5.92 Å². The average Bonchev–Trinajstić information content (AvgIpc) is 2.66. The predicted molar refractivity (Wildman–Crippen MR) is 118 cm³/mol. The topological polar surface area (TPSA) is 61.4 Å². The molecule has 0 aliphatic rings. The number of benzene rings is 2. The van der Waals surface area contributed by atoms with E-state index in [1.807, 2.05) is 46.1 Å². The van der Waals surface area contributed by atoms with E-state index in [4.69, 9.17) is 11.6 Å². The number of halogens is 1. The summed E-state index contributed by atoms with van der Waals surface area (Å²) in [5.74, 6) is -0.201. The number of hydrogen-bond acceptors (Lipinski definition) is 3. The van der Waals surface area contributed by atoms with Crippen LogP contribution in [0.3, 0.4) is 0 Å². The summed E-state index contributed by atoms with van der Waals surface area (Å²) in [5.41, 5.74) is 2.72. The summed E-state index contributed by atoms with van der Waals surface area (Å²) < 4.78 is 0. The largest absolute Gasteiger partial charge is 0.350 e. The predicted octanol–water partition coefficient (Wildman–Crippen LogP) is 3.86. The molecule has 0 aliphatic heterocycles. The standard InChI is InChI=1S/C23H30ClN3O2/c1-16(2)13-21(26-22(28)17-9-11-20(24)12-10-17)23(29)25-14-18-7-5-6-8-19(18)15-27(3)4/h5-12,16,21H,13-15H2,1-4H3,(H,25,29)(H,26,28)/t21-/m0/s1. The summed E-state index contributed by atoms with van der Waals surface area (Å²) in [6, 6.07) is 14.1. The van der Waals surface area contributed by atoms with Crippen molar-refractivity contribution < 1.29 is 9.59 Å². The van der Waals surface area contributed by atoms with E-state index in [-0.39, 0.29) is 17.7 Å². The van der Waals surface area contributed by atoms with Crippen molar-refractivity contribution in [1.82, 2.24) is 15.5 Å². The van der Waals surface area contributed by atoms with Gasteiger partial charge in [-0.15, -0.1) is 0 Å². The minimum absolute atomic E-state index is 0.180. The lowest BCUT2D eigenvalue weighted by atomic mass is 10.0. The number of nitrogens with zero attached hydrogens (tertiary/aromatic N) is 1. The molecule has 2 aromatic carbocycles. The second kappa shape index (κ2) is 11.0. The third kappa shape index (κ3) is 7.52. The van der Waals surface area contributed by atoms with E-state index in [2.05, 4.69) is 21.6 Å². The Morgan fingerprint density at radius 1 is 1.00 bits per heavy atom. The van der Waals surface area contributed by atoms with Crippen LogP contribution in [-0.4, -0.2) is 36.9 Å². The zero-order chi connectivity index (χ0) is 21.4. The molecule has 29 heavy (non-hydrogen) atoms. The monoisotopic (exact) mass is 415 g/mol. The molecule has 2 rings (SSSR count). The minimum Gasteiger partial charge on any atom is -0.350 e. The van der Waals surface area contributed by atoms with Crippen molar-refractivity contribution in [3.63, 3.8) is 0 Å². The van der Waals surface area contributed by atoms with E-state index >= 15 is 0 Å². The summed E-state index contributed by atoms with van der Waals surface area (Å²) in [5, 5.41) is 6.42. The molecule has 0 unspecified atom stereocenters. The van der Waals surface area contributed by atoms with Crippen LogP contribution in [0.15, 0.2) is 48.5 Å². The van der Waals surface area contributed by atoms with E-state index in [0.29, 0.717) is 23.6 Å². The van der Waals surface area contributed by atoms with E-state index in [0.717, 1.165) is 12.1 Å². The highest BCUT2D eigenvalue weighted by Gasteiger charge is 2.22. The fourth-order valence-corrected chi connectivity index (χ4v) is 3.20. The van der Waals surface area contributed by atoms with Crippen LogP contribution in [0, 0.1) is 5.92 Å². The van der Waals surface area contributed by atoms with Gasteiger partial charge in [0.1, 0.15) is 6.04 Å². The number of carbonyl (C=O) groups excluding carboxylic acids is 2. The lowest BCUT2D eigenvalue weighted by Gasteiger charge is -2.21. The van der Waals surface area contributed by atoms with Crippen molar-refractivity contribution >= 4 is 23.4 Å². The van der Waals surface area contributed by atoms with Gasteiger partial charge in [-0.3, -0.25) is 9.59 Å². The third-order valence-electron chi connectivity index (χ3n) is 4.49. The van der Waals surface area contributed by atoms with Crippen LogP contribution >= 0.6 is 11.6 Å². The molecule has 0 fully saturated rings. The van der Waals surface area contributed by atoms with Crippen molar-refractivity contribution in [2.45, 2.75) is 39.4 Å². The quantitative estimate of drug-likeness (QED) is 0.653. The molecule has 0 spiro atoms. The van der Waals surface area contributed by atoms with Crippen LogP contribution in [0.1, 0.15) is 41.8 Å². The van der Waals surface area contributed by atoms with E-state index in [1.54, 1.807) is 24.3 Å². The summed E-state index contributed by atoms with van der Waals surface area (Å²) in [6.45, 7) is 5.28. The van der Waals surface area contributed by atoms with Crippen LogP contribution < -0.4 is 10.6 Å². The van der Waals surface area contributed by atoms with Crippen LogP contribution in [0.5, 0.6) is 0 Å². The Morgan fingerprint density at radius 2 is 1.62 bits per heavy atom. The first-order valence-electron chi connectivity index (χ1n) is 9.82. The Kier molecular flexibility index (Phi) is 8.68. The summed E-state index contributed by atoms with van der Waals surface area (Å²) in [7, 11) is 4.03. The normalized spacial score (nSPS) is 12.1. The molecule has 0 heterocycles. The first-order chi connectivity index (χ1) is 13.8. The number of nitrogens with one attached hydrogen (secondary N) is 2. The molecule has 0 saturated heterocycles. The van der Waals surface area contributed by atoms with Crippen molar-refractivity contribution in [3.05, 3.63) is 70.2 Å². The molecule has 2 N–H and O–H groups in total. The molecular weight excluding hydrogens is 386 g/mol. The molecule has 156 valence electrons. The first-order valence-corrected chi connectivity index (χ1v) is 10.2. The van der Waals surface area contributed by atoms with E-state index in [9.17, 15) is 9.59 Å². The van der Waals surface area contributed by atoms with Gasteiger partial charge in [0, 0.05) is 23.7 Å². The van der Waals surface area contributed by atoms with Gasteiger partial charge in [0.05, 0.1) is 0 Å². The van der Waals surface area contributed by atoms with Gasteiger partial charge in [-0.1, -0.05) is 49.7 Å². The highest BCUT2D eigenvalue weighted by Crippen LogP contribution is 2.13. The Morgan fingerprint density at radius 3 is 2.21 bits per heavy atom. The fraction of sp³-hybridized carbons (Fsp3) is 0.391. The molecule has 5 nitrogen and oxygen atoms in total. The number of carbonyl (C=O) groups is 2. The maximum atomic E-state index is 12.8. The first kappa shape index (κ1) is 22.9. The van der Waals surface area contributed by atoms with Crippen molar-refractivity contribution in [1.29, 1.82) is 0 Å². The van der Waals surface area contributed by atoms with Crippen LogP contribution in [0.4, 0.5) is 0 Å². The Labute approximate surface area is 178 Å². The van der Waals surface area contributed by atoms with Crippen molar-refractivity contribution in [2.75, 3.05) is 14.1 Å². The maximum absolute atomic E-state index is 12.8. The molecule has 1 atom stereocenters. The van der Waals surface area contributed by atoms with Crippen molar-refractivity contribution in [3.8, 4) is 0 Å². The lowest BCUT2D eigenvalue weighted by molar-refractivity contribution is -0.123. The smallest absolute Gasteiger partial charge is 0.251 e. The van der Waals surface area contributed by atoms with Crippen LogP contribution in [0.25, 0.3) is 0 Å². The molecule has 2 amide bonds. The van der Waals surface area contributed by atoms with E-state index in [1.165, 1.54) is 5.56 Å². The molecule has 0 bridgehead atoms. The lowest BCUT2D eigenvalue weighted by Crippen LogP contribution is -2.47. The van der Waals surface area contributed by atoms with Crippen LogP contribution in [-0.2, 0) is 17.9 Å². The Bertz CT molecular complexity index is 819. The van der Waals surface area contributed by atoms with Gasteiger partial charge >= 0.3 is 0 Å². The number of hydrogen-bond donors (Lipinski definition) is 2. The molecule has 0 saturated carbocycles. The SMILES string of the molecule is CC(C)C[C@H](NC(=O)c1ccc(Cl)cc1)C(=O)NCc1ccccc1CN(C)C. The molecule has 0 radical (unpaired) electrons. The second-order valence-corrected chi connectivity index (χ2v) is 8.32. The highest BCUT2D eigenvalue weighted by molar-refractivity contribution is 6.30. The highest BCUT2D eigenvalue weighted by atomic mass is 35.5. The summed E-state index contributed by atoms with van der Waals surface area (Å²) in [4.78, 5) is 27.5. The molecule has 0 aliphatic carbocycles. The maximum Gasteiger partial charge on any atom is 0.251 e. The van der Waals surface area contributed by atoms with Gasteiger partial charge in [-0.05, 0) is 61.8 Å². The number of amides is 2. The van der Waals surface area contributed by atoms with Gasteiger partial charge in [0.15, 0.2) is 0 Å².